The molecule has 1 atom stereocenters. The molecule has 1 aromatic carbocycles. The Kier molecular flexibility index (Phi) is 5.75. The van der Waals surface area contributed by atoms with E-state index in [0.717, 1.165) is 10.5 Å². The Hall–Kier alpha value is -3.29. The highest BCUT2D eigenvalue weighted by atomic mass is 19.1. The van der Waals surface area contributed by atoms with Gasteiger partial charge in [-0.05, 0) is 41.8 Å². The van der Waals surface area contributed by atoms with Gasteiger partial charge in [0, 0.05) is 18.9 Å². The van der Waals surface area contributed by atoms with Gasteiger partial charge in [0.1, 0.15) is 11.9 Å². The summed E-state index contributed by atoms with van der Waals surface area (Å²) in [5.41, 5.74) is 1.54. The summed E-state index contributed by atoms with van der Waals surface area (Å²) in [6.07, 6.45) is 3.86. The van der Waals surface area contributed by atoms with E-state index in [2.05, 4.69) is 15.6 Å². The number of rotatable bonds is 7. The van der Waals surface area contributed by atoms with E-state index < -0.39 is 23.8 Å². The molecule has 1 aromatic heterocycles. The second-order valence-corrected chi connectivity index (χ2v) is 6.22. The molecule has 1 saturated heterocycles. The van der Waals surface area contributed by atoms with E-state index in [0.29, 0.717) is 18.5 Å². The van der Waals surface area contributed by atoms with Crippen LogP contribution >= 0.6 is 0 Å². The van der Waals surface area contributed by atoms with Gasteiger partial charge >= 0.3 is 6.03 Å². The molecule has 0 bridgehead atoms. The molecule has 0 saturated carbocycles. The minimum Gasteiger partial charge on any atom is -0.356 e. The van der Waals surface area contributed by atoms with Crippen LogP contribution in [0.4, 0.5) is 9.18 Å². The minimum absolute atomic E-state index is 0.0391. The van der Waals surface area contributed by atoms with Gasteiger partial charge in [-0.3, -0.25) is 19.5 Å². The van der Waals surface area contributed by atoms with Crippen molar-refractivity contribution >= 4 is 17.8 Å². The van der Waals surface area contributed by atoms with Crippen molar-refractivity contribution in [2.45, 2.75) is 25.4 Å². The van der Waals surface area contributed by atoms with Crippen molar-refractivity contribution < 1.29 is 18.8 Å². The van der Waals surface area contributed by atoms with Gasteiger partial charge in [0.15, 0.2) is 0 Å². The van der Waals surface area contributed by atoms with Gasteiger partial charge in [-0.2, -0.15) is 0 Å². The first-order valence-electron chi connectivity index (χ1n) is 8.55. The van der Waals surface area contributed by atoms with Crippen molar-refractivity contribution in [3.63, 3.8) is 0 Å². The largest absolute Gasteiger partial charge is 0.356 e. The smallest absolute Gasteiger partial charge is 0.325 e. The summed E-state index contributed by atoms with van der Waals surface area (Å²) in [6, 6.07) is 7.91. The van der Waals surface area contributed by atoms with Gasteiger partial charge < -0.3 is 10.6 Å². The lowest BCUT2D eigenvalue weighted by molar-refractivity contribution is -0.131. The lowest BCUT2D eigenvalue weighted by Gasteiger charge is -2.13. The normalized spacial score (nSPS) is 16.3. The third-order valence-corrected chi connectivity index (χ3v) is 4.21. The number of benzene rings is 1. The molecule has 2 heterocycles. The quantitative estimate of drug-likeness (QED) is 0.721. The minimum atomic E-state index is -0.910. The molecule has 0 spiro atoms. The van der Waals surface area contributed by atoms with E-state index in [9.17, 15) is 18.8 Å². The van der Waals surface area contributed by atoms with E-state index in [1.165, 1.54) is 18.2 Å². The maximum atomic E-state index is 13.3. The highest BCUT2D eigenvalue weighted by Crippen LogP contribution is 2.14. The van der Waals surface area contributed by atoms with Gasteiger partial charge in [-0.25, -0.2) is 9.18 Å². The van der Waals surface area contributed by atoms with E-state index in [4.69, 9.17) is 0 Å². The Morgan fingerprint density at radius 2 is 1.96 bits per heavy atom. The number of carbonyl (C=O) groups excluding carboxylic acids is 3. The number of hydrogen-bond acceptors (Lipinski definition) is 4. The molecule has 0 aliphatic carbocycles. The van der Waals surface area contributed by atoms with Crippen LogP contribution in [0.25, 0.3) is 0 Å². The van der Waals surface area contributed by atoms with Crippen LogP contribution in [-0.2, 0) is 22.6 Å². The van der Waals surface area contributed by atoms with Crippen molar-refractivity contribution in [3.8, 4) is 0 Å². The summed E-state index contributed by atoms with van der Waals surface area (Å²) in [7, 11) is 0. The van der Waals surface area contributed by atoms with Crippen molar-refractivity contribution in [1.82, 2.24) is 20.5 Å². The fourth-order valence-corrected chi connectivity index (χ4v) is 2.84. The fraction of sp³-hybridized carbons (Fsp3) is 0.263. The first-order chi connectivity index (χ1) is 13.0. The number of nitrogens with zero attached hydrogens (tertiary/aromatic N) is 2. The number of pyridine rings is 1. The zero-order valence-electron chi connectivity index (χ0n) is 14.5. The maximum absolute atomic E-state index is 13.3. The van der Waals surface area contributed by atoms with Crippen molar-refractivity contribution in [2.75, 3.05) is 6.54 Å². The maximum Gasteiger partial charge on any atom is 0.325 e. The first kappa shape index (κ1) is 18.5. The molecule has 8 heteroatoms. The van der Waals surface area contributed by atoms with Crippen LogP contribution in [0.2, 0.25) is 0 Å². The van der Waals surface area contributed by atoms with Crippen LogP contribution < -0.4 is 10.6 Å². The topological polar surface area (TPSA) is 91.4 Å². The monoisotopic (exact) mass is 370 g/mol. The standard InChI is InChI=1S/C19H19FN4O3/c20-15-3-1-2-14(10-15)12-24-18(26)16(23-19(24)27)11-17(25)22-9-6-13-4-7-21-8-5-13/h1-5,7-8,10,16H,6,9,11-12H2,(H,22,25)(H,23,27)/t16-/m0/s1. The molecule has 0 radical (unpaired) electrons. The first-order valence-corrected chi connectivity index (χ1v) is 8.55. The molecular formula is C19H19FN4O3. The number of imide groups is 1. The number of nitrogens with one attached hydrogen (secondary N) is 2. The van der Waals surface area contributed by atoms with Gasteiger partial charge in [-0.1, -0.05) is 12.1 Å². The lowest BCUT2D eigenvalue weighted by atomic mass is 10.1. The zero-order valence-corrected chi connectivity index (χ0v) is 14.5. The molecule has 1 aliphatic heterocycles. The number of amides is 4. The molecule has 27 heavy (non-hydrogen) atoms. The molecule has 3 rings (SSSR count). The third-order valence-electron chi connectivity index (χ3n) is 4.21. The molecular weight excluding hydrogens is 351 g/mol. The summed E-state index contributed by atoms with van der Waals surface area (Å²) >= 11 is 0. The van der Waals surface area contributed by atoms with Crippen LogP contribution in [0.5, 0.6) is 0 Å². The molecule has 1 fully saturated rings. The van der Waals surface area contributed by atoms with E-state index in [1.807, 2.05) is 12.1 Å². The van der Waals surface area contributed by atoms with E-state index in [1.54, 1.807) is 18.5 Å². The predicted molar refractivity (Wildman–Crippen MR) is 94.8 cm³/mol. The predicted octanol–water partition coefficient (Wildman–Crippen LogP) is 1.39. The van der Waals surface area contributed by atoms with Crippen LogP contribution in [0.15, 0.2) is 48.8 Å². The number of aromatic nitrogens is 1. The van der Waals surface area contributed by atoms with Crippen molar-refractivity contribution in [1.29, 1.82) is 0 Å². The van der Waals surface area contributed by atoms with E-state index in [-0.39, 0.29) is 18.9 Å². The summed E-state index contributed by atoms with van der Waals surface area (Å²) in [5, 5.41) is 5.24. The number of urea groups is 1. The molecule has 1 aliphatic rings. The summed E-state index contributed by atoms with van der Waals surface area (Å²) < 4.78 is 13.3. The molecule has 140 valence electrons. The van der Waals surface area contributed by atoms with Gasteiger partial charge in [0.05, 0.1) is 13.0 Å². The Bertz CT molecular complexity index is 844. The summed E-state index contributed by atoms with van der Waals surface area (Å²) in [6.45, 7) is 0.382. The molecule has 7 nitrogen and oxygen atoms in total. The average molecular weight is 370 g/mol. The number of hydrogen-bond donors (Lipinski definition) is 2. The Morgan fingerprint density at radius 1 is 1.19 bits per heavy atom. The Balaban J connectivity index is 1.49. The van der Waals surface area contributed by atoms with E-state index >= 15 is 0 Å². The Morgan fingerprint density at radius 3 is 2.70 bits per heavy atom. The second kappa shape index (κ2) is 8.39. The second-order valence-electron chi connectivity index (χ2n) is 6.22. The van der Waals surface area contributed by atoms with Crippen molar-refractivity contribution in [2.24, 2.45) is 0 Å². The van der Waals surface area contributed by atoms with Crippen LogP contribution in [0, 0.1) is 5.82 Å². The van der Waals surface area contributed by atoms with Crippen LogP contribution in [0.3, 0.4) is 0 Å². The lowest BCUT2D eigenvalue weighted by Crippen LogP contribution is -2.37. The Labute approximate surface area is 155 Å². The van der Waals surface area contributed by atoms with Crippen molar-refractivity contribution in [3.05, 3.63) is 65.7 Å². The molecule has 0 unspecified atom stereocenters. The summed E-state index contributed by atoms with van der Waals surface area (Å²) in [4.78, 5) is 41.4. The molecule has 4 amide bonds. The molecule has 2 N–H and O–H groups in total. The number of halogens is 1. The van der Waals surface area contributed by atoms with Gasteiger partial charge in [0.2, 0.25) is 5.91 Å². The fourth-order valence-electron chi connectivity index (χ4n) is 2.84. The SMILES string of the molecule is O=C(C[C@@H]1NC(=O)N(Cc2cccc(F)c2)C1=O)NCCc1ccncc1. The highest BCUT2D eigenvalue weighted by molar-refractivity contribution is 6.05. The van der Waals surface area contributed by atoms with Crippen LogP contribution in [-0.4, -0.2) is 40.3 Å². The zero-order chi connectivity index (χ0) is 19.2. The van der Waals surface area contributed by atoms with Gasteiger partial charge in [-0.15, -0.1) is 0 Å². The highest BCUT2D eigenvalue weighted by Gasteiger charge is 2.38. The average Bonchev–Trinajstić information content (AvgIpc) is 2.90. The molecule has 2 aromatic rings. The van der Waals surface area contributed by atoms with Gasteiger partial charge in [0.25, 0.3) is 5.91 Å². The third kappa shape index (κ3) is 4.87. The summed E-state index contributed by atoms with van der Waals surface area (Å²) in [5.74, 6) is -1.26. The number of carbonyl (C=O) groups is 3. The van der Waals surface area contributed by atoms with Crippen LogP contribution in [0.1, 0.15) is 17.5 Å².